The summed E-state index contributed by atoms with van der Waals surface area (Å²) in [5.74, 6) is 0. The summed E-state index contributed by atoms with van der Waals surface area (Å²) in [5.41, 5.74) is 9.31. The van der Waals surface area contributed by atoms with Crippen LogP contribution in [0.2, 0.25) is 0 Å². The molecule has 0 spiro atoms. The zero-order valence-electron chi connectivity index (χ0n) is 27.4. The number of furan rings is 2. The van der Waals surface area contributed by atoms with Gasteiger partial charge in [-0.15, -0.1) is 11.3 Å². The molecule has 10 aromatic rings. The lowest BCUT2D eigenvalue weighted by Crippen LogP contribution is -2.54. The van der Waals surface area contributed by atoms with Gasteiger partial charge in [-0.25, -0.2) is 0 Å². The molecule has 0 saturated carbocycles. The molecule has 0 aliphatic carbocycles. The number of para-hydroxylation sites is 2. The fraction of sp³-hybridized carbons (Fsp3) is 0.0667. The molecule has 4 heterocycles. The van der Waals surface area contributed by atoms with Crippen LogP contribution in [0.25, 0.3) is 75.2 Å². The van der Waals surface area contributed by atoms with Crippen molar-refractivity contribution >= 4 is 75.4 Å². The summed E-state index contributed by atoms with van der Waals surface area (Å²) in [4.78, 5) is 0. The molecule has 0 radical (unpaired) electrons. The highest BCUT2D eigenvalue weighted by Gasteiger charge is 2.32. The van der Waals surface area contributed by atoms with Crippen molar-refractivity contribution in [1.82, 2.24) is 16.0 Å². The highest BCUT2D eigenvalue weighted by atomic mass is 32.1. The Balaban J connectivity index is 1.05. The van der Waals surface area contributed by atoms with Crippen molar-refractivity contribution in [2.45, 2.75) is 18.5 Å². The van der Waals surface area contributed by atoms with Crippen molar-refractivity contribution < 1.29 is 8.83 Å². The molecule has 1 fully saturated rings. The summed E-state index contributed by atoms with van der Waals surface area (Å²) in [7, 11) is 0. The number of benzene rings is 7. The molecule has 1 aliphatic heterocycles. The van der Waals surface area contributed by atoms with Crippen LogP contribution in [-0.2, 0) is 0 Å². The molecule has 3 unspecified atom stereocenters. The highest BCUT2D eigenvalue weighted by Crippen LogP contribution is 2.42. The van der Waals surface area contributed by atoms with E-state index in [1.54, 1.807) is 0 Å². The Labute approximate surface area is 297 Å². The molecular weight excluding hydrogens is 647 g/mol. The van der Waals surface area contributed by atoms with Crippen molar-refractivity contribution in [2.75, 3.05) is 0 Å². The summed E-state index contributed by atoms with van der Waals surface area (Å²) >= 11 is 1.85. The van der Waals surface area contributed by atoms with Crippen molar-refractivity contribution in [3.8, 4) is 11.1 Å². The van der Waals surface area contributed by atoms with Gasteiger partial charge in [-0.2, -0.15) is 0 Å². The first-order valence-corrected chi connectivity index (χ1v) is 18.2. The van der Waals surface area contributed by atoms with Crippen LogP contribution in [0.15, 0.2) is 160 Å². The topological polar surface area (TPSA) is 62.4 Å². The molecule has 1 saturated heterocycles. The number of hydrogen-bond donors (Lipinski definition) is 3. The van der Waals surface area contributed by atoms with E-state index in [0.29, 0.717) is 0 Å². The lowest BCUT2D eigenvalue weighted by molar-refractivity contribution is 0.204. The predicted octanol–water partition coefficient (Wildman–Crippen LogP) is 11.7. The van der Waals surface area contributed by atoms with Gasteiger partial charge in [0.1, 0.15) is 22.3 Å². The smallest absolute Gasteiger partial charge is 0.141 e. The first-order valence-electron chi connectivity index (χ1n) is 17.4. The van der Waals surface area contributed by atoms with Gasteiger partial charge in [-0.3, -0.25) is 16.0 Å². The predicted molar refractivity (Wildman–Crippen MR) is 210 cm³/mol. The third-order valence-corrected chi connectivity index (χ3v) is 11.6. The molecule has 3 aromatic heterocycles. The Morgan fingerprint density at radius 1 is 0.431 bits per heavy atom. The van der Waals surface area contributed by atoms with Crippen LogP contribution in [0.4, 0.5) is 0 Å². The third-order valence-electron chi connectivity index (χ3n) is 10.4. The summed E-state index contributed by atoms with van der Waals surface area (Å²) in [6.07, 6.45) is -0.421. The van der Waals surface area contributed by atoms with Crippen LogP contribution in [-0.4, -0.2) is 0 Å². The second-order valence-corrected chi connectivity index (χ2v) is 14.4. The summed E-state index contributed by atoms with van der Waals surface area (Å²) in [6.45, 7) is 0. The normalized spacial score (nSPS) is 18.2. The fourth-order valence-corrected chi connectivity index (χ4v) is 9.25. The van der Waals surface area contributed by atoms with Gasteiger partial charge in [0.15, 0.2) is 0 Å². The second kappa shape index (κ2) is 11.4. The van der Waals surface area contributed by atoms with Gasteiger partial charge in [0.2, 0.25) is 0 Å². The van der Waals surface area contributed by atoms with E-state index < -0.39 is 0 Å². The second-order valence-electron chi connectivity index (χ2n) is 13.3. The fourth-order valence-electron chi connectivity index (χ4n) is 8.11. The summed E-state index contributed by atoms with van der Waals surface area (Å²) in [6, 6.07) is 53.6. The van der Waals surface area contributed by atoms with E-state index in [9.17, 15) is 0 Å². The minimum absolute atomic E-state index is 0.0980. The first kappa shape index (κ1) is 29.0. The molecule has 7 aromatic carbocycles. The molecule has 244 valence electrons. The van der Waals surface area contributed by atoms with Crippen molar-refractivity contribution in [3.63, 3.8) is 0 Å². The van der Waals surface area contributed by atoms with Crippen LogP contribution in [0.3, 0.4) is 0 Å². The van der Waals surface area contributed by atoms with Gasteiger partial charge >= 0.3 is 0 Å². The Hall–Kier alpha value is -5.76. The molecule has 3 N–H and O–H groups in total. The maximum Gasteiger partial charge on any atom is 0.141 e. The number of rotatable bonds is 4. The summed E-state index contributed by atoms with van der Waals surface area (Å²) in [5, 5.41) is 18.8. The maximum absolute atomic E-state index is 6.75. The number of fused-ring (bicyclic) bond motifs is 9. The van der Waals surface area contributed by atoms with E-state index in [0.717, 1.165) is 60.6 Å². The molecule has 0 amide bonds. The van der Waals surface area contributed by atoms with Crippen LogP contribution in [0, 0.1) is 0 Å². The Kier molecular flexibility index (Phi) is 6.48. The molecule has 3 atom stereocenters. The number of thiophene rings is 1. The molecule has 0 bridgehead atoms. The van der Waals surface area contributed by atoms with Crippen LogP contribution in [0.1, 0.15) is 35.2 Å². The minimum Gasteiger partial charge on any atom is -0.456 e. The van der Waals surface area contributed by atoms with E-state index in [-0.39, 0.29) is 18.5 Å². The Bertz CT molecular complexity index is 2940. The van der Waals surface area contributed by atoms with Crippen molar-refractivity contribution in [1.29, 1.82) is 0 Å². The molecular formula is C45H31N3O2S. The molecule has 51 heavy (non-hydrogen) atoms. The molecule has 5 nitrogen and oxygen atoms in total. The lowest BCUT2D eigenvalue weighted by atomic mass is 9.97. The van der Waals surface area contributed by atoms with Gasteiger partial charge in [0, 0.05) is 47.3 Å². The Morgan fingerprint density at radius 3 is 2.02 bits per heavy atom. The zero-order valence-corrected chi connectivity index (χ0v) is 28.2. The van der Waals surface area contributed by atoms with Crippen LogP contribution >= 0.6 is 11.3 Å². The van der Waals surface area contributed by atoms with Gasteiger partial charge in [0.25, 0.3) is 0 Å². The van der Waals surface area contributed by atoms with Crippen molar-refractivity contribution in [2.24, 2.45) is 0 Å². The van der Waals surface area contributed by atoms with E-state index in [1.165, 1.54) is 31.3 Å². The first-order chi connectivity index (χ1) is 25.3. The Morgan fingerprint density at radius 2 is 1.10 bits per heavy atom. The zero-order chi connectivity index (χ0) is 33.5. The average molecular weight is 678 g/mol. The number of nitrogens with one attached hydrogen (secondary N) is 3. The number of hydrogen-bond acceptors (Lipinski definition) is 6. The monoisotopic (exact) mass is 677 g/mol. The van der Waals surface area contributed by atoms with Gasteiger partial charge in [-0.1, -0.05) is 115 Å². The van der Waals surface area contributed by atoms with Crippen LogP contribution in [0.5, 0.6) is 0 Å². The molecule has 6 heteroatoms. The quantitative estimate of drug-likeness (QED) is 0.173. The van der Waals surface area contributed by atoms with Crippen LogP contribution < -0.4 is 16.0 Å². The van der Waals surface area contributed by atoms with Gasteiger partial charge in [-0.05, 0) is 58.7 Å². The summed E-state index contributed by atoms with van der Waals surface area (Å²) < 4.78 is 15.6. The standard InChI is InChI=1S/C45H31N3O2S/c1-2-11-26(12-3-1)43-46-44(32-17-10-22-39-41(32)31-14-5-7-21-38(31)51-39)48-45(47-43)33-18-8-16-29-34-25-27(23-24-36(34)50-42(29)33)28-15-9-20-37-40(28)30-13-4-6-19-35(30)49-37/h1-25,43-48H. The van der Waals surface area contributed by atoms with Gasteiger partial charge in [0.05, 0.1) is 18.5 Å². The van der Waals surface area contributed by atoms with E-state index >= 15 is 0 Å². The molecule has 11 rings (SSSR count). The largest absolute Gasteiger partial charge is 0.456 e. The maximum atomic E-state index is 6.75. The third kappa shape index (κ3) is 4.58. The minimum atomic E-state index is -0.198. The van der Waals surface area contributed by atoms with Gasteiger partial charge < -0.3 is 8.83 Å². The van der Waals surface area contributed by atoms with E-state index in [1.807, 2.05) is 29.5 Å². The average Bonchev–Trinajstić information content (AvgIpc) is 3.89. The van der Waals surface area contributed by atoms with E-state index in [4.69, 9.17) is 8.83 Å². The lowest BCUT2D eigenvalue weighted by Gasteiger charge is -2.39. The SMILES string of the molecule is c1ccc(C2NC(c3cccc4c3oc3ccc(-c5cccc6oc7ccccc7c56)cc34)NC(c3cccc4sc5ccccc5c34)N2)cc1. The highest BCUT2D eigenvalue weighted by molar-refractivity contribution is 7.25. The molecule has 1 aliphatic rings. The van der Waals surface area contributed by atoms with Crippen molar-refractivity contribution in [3.05, 3.63) is 168 Å². The van der Waals surface area contributed by atoms with E-state index in [2.05, 4.69) is 149 Å².